The molecule has 0 saturated carbocycles. The summed E-state index contributed by atoms with van der Waals surface area (Å²) in [6, 6.07) is 13.8. The molecule has 2 aromatic carbocycles. The van der Waals surface area contributed by atoms with Gasteiger partial charge in [0.05, 0.1) is 0 Å². The maximum absolute atomic E-state index is 5.95. The second-order valence-electron chi connectivity index (χ2n) is 4.55. The lowest BCUT2D eigenvalue weighted by atomic mass is 10.1. The van der Waals surface area contributed by atoms with Gasteiger partial charge in [-0.05, 0) is 61.0 Å². The first-order chi connectivity index (χ1) is 9.60. The standard InChI is InChI=1S/C16H17ClN2S/c1-3-12-6-4-5-7-15(12)19-16(20)18-14-9-8-13(17)10-11(14)2/h4-10H,3H2,1-2H3,(H2,18,19,20). The fraction of sp³-hybridized carbons (Fsp3) is 0.188. The zero-order valence-corrected chi connectivity index (χ0v) is 13.1. The quantitative estimate of drug-likeness (QED) is 0.779. The molecule has 0 unspecified atom stereocenters. The first kappa shape index (κ1) is 14.8. The summed E-state index contributed by atoms with van der Waals surface area (Å²) < 4.78 is 0. The summed E-state index contributed by atoms with van der Waals surface area (Å²) in [4.78, 5) is 0. The van der Waals surface area contributed by atoms with Crippen molar-refractivity contribution in [1.82, 2.24) is 0 Å². The van der Waals surface area contributed by atoms with Crippen LogP contribution in [-0.4, -0.2) is 5.11 Å². The number of para-hydroxylation sites is 1. The number of nitrogens with one attached hydrogen (secondary N) is 2. The number of hydrogen-bond donors (Lipinski definition) is 2. The Morgan fingerprint density at radius 3 is 2.50 bits per heavy atom. The van der Waals surface area contributed by atoms with Gasteiger partial charge in [-0.1, -0.05) is 36.7 Å². The van der Waals surface area contributed by atoms with Crippen LogP contribution in [-0.2, 0) is 6.42 Å². The number of thiocarbonyl (C=S) groups is 1. The lowest BCUT2D eigenvalue weighted by Gasteiger charge is -2.14. The number of rotatable bonds is 3. The maximum atomic E-state index is 5.95. The van der Waals surface area contributed by atoms with Crippen LogP contribution in [0.2, 0.25) is 5.02 Å². The van der Waals surface area contributed by atoms with Crippen molar-refractivity contribution < 1.29 is 0 Å². The third kappa shape index (κ3) is 3.71. The fourth-order valence-corrected chi connectivity index (χ4v) is 2.44. The zero-order valence-electron chi connectivity index (χ0n) is 11.5. The van der Waals surface area contributed by atoms with E-state index >= 15 is 0 Å². The molecule has 0 heterocycles. The minimum atomic E-state index is 0.580. The monoisotopic (exact) mass is 304 g/mol. The molecule has 2 aromatic rings. The lowest BCUT2D eigenvalue weighted by molar-refractivity contribution is 1.14. The van der Waals surface area contributed by atoms with E-state index in [0.717, 1.165) is 28.4 Å². The Labute approximate surface area is 130 Å². The van der Waals surface area contributed by atoms with E-state index in [1.165, 1.54) is 5.56 Å². The number of anilines is 2. The van der Waals surface area contributed by atoms with Gasteiger partial charge in [0, 0.05) is 16.4 Å². The topological polar surface area (TPSA) is 24.1 Å². The van der Waals surface area contributed by atoms with Gasteiger partial charge in [-0.25, -0.2) is 0 Å². The van der Waals surface area contributed by atoms with Crippen molar-refractivity contribution in [2.45, 2.75) is 20.3 Å². The minimum Gasteiger partial charge on any atom is -0.332 e. The van der Waals surface area contributed by atoms with Gasteiger partial charge in [0.2, 0.25) is 0 Å². The van der Waals surface area contributed by atoms with Gasteiger partial charge in [0.25, 0.3) is 0 Å². The van der Waals surface area contributed by atoms with Gasteiger partial charge in [-0.3, -0.25) is 0 Å². The van der Waals surface area contributed by atoms with E-state index in [-0.39, 0.29) is 0 Å². The van der Waals surface area contributed by atoms with Crippen LogP contribution < -0.4 is 10.6 Å². The van der Waals surface area contributed by atoms with E-state index in [1.807, 2.05) is 43.3 Å². The van der Waals surface area contributed by atoms with Crippen LogP contribution in [0, 0.1) is 6.92 Å². The molecule has 0 aliphatic carbocycles. The first-order valence-corrected chi connectivity index (χ1v) is 7.31. The predicted octanol–water partition coefficient (Wildman–Crippen LogP) is 5.02. The molecule has 0 aromatic heterocycles. The molecule has 0 spiro atoms. The second kappa shape index (κ2) is 6.73. The molecular formula is C16H17ClN2S. The Bertz CT molecular complexity index is 626. The molecule has 2 N–H and O–H groups in total. The molecule has 4 heteroatoms. The van der Waals surface area contributed by atoms with Gasteiger partial charge < -0.3 is 10.6 Å². The van der Waals surface area contributed by atoms with E-state index in [4.69, 9.17) is 23.8 Å². The number of halogens is 1. The summed E-state index contributed by atoms with van der Waals surface area (Å²) in [5.74, 6) is 0. The molecule has 2 nitrogen and oxygen atoms in total. The summed E-state index contributed by atoms with van der Waals surface area (Å²) in [6.07, 6.45) is 0.964. The van der Waals surface area contributed by atoms with Gasteiger partial charge in [-0.2, -0.15) is 0 Å². The van der Waals surface area contributed by atoms with Gasteiger partial charge >= 0.3 is 0 Å². The third-order valence-corrected chi connectivity index (χ3v) is 3.52. The van der Waals surface area contributed by atoms with Crippen LogP contribution in [0.25, 0.3) is 0 Å². The summed E-state index contributed by atoms with van der Waals surface area (Å²) in [7, 11) is 0. The lowest BCUT2D eigenvalue weighted by Crippen LogP contribution is -2.20. The summed E-state index contributed by atoms with van der Waals surface area (Å²) in [6.45, 7) is 4.12. The number of aryl methyl sites for hydroxylation is 2. The molecule has 20 heavy (non-hydrogen) atoms. The average Bonchev–Trinajstić information content (AvgIpc) is 2.42. The normalized spacial score (nSPS) is 10.2. The first-order valence-electron chi connectivity index (χ1n) is 6.52. The molecule has 0 saturated heterocycles. The highest BCUT2D eigenvalue weighted by Crippen LogP contribution is 2.20. The molecule has 2 rings (SSSR count). The van der Waals surface area contributed by atoms with Gasteiger partial charge in [-0.15, -0.1) is 0 Å². The van der Waals surface area contributed by atoms with Crippen molar-refractivity contribution in [3.05, 3.63) is 58.6 Å². The zero-order chi connectivity index (χ0) is 14.5. The van der Waals surface area contributed by atoms with E-state index in [2.05, 4.69) is 23.6 Å². The highest BCUT2D eigenvalue weighted by molar-refractivity contribution is 7.80. The largest absolute Gasteiger partial charge is 0.332 e. The van der Waals surface area contributed by atoms with E-state index < -0.39 is 0 Å². The Morgan fingerprint density at radius 1 is 1.10 bits per heavy atom. The predicted molar refractivity (Wildman–Crippen MR) is 91.9 cm³/mol. The van der Waals surface area contributed by atoms with Crippen molar-refractivity contribution in [1.29, 1.82) is 0 Å². The van der Waals surface area contributed by atoms with Crippen molar-refractivity contribution in [3.8, 4) is 0 Å². The van der Waals surface area contributed by atoms with E-state index in [0.29, 0.717) is 5.11 Å². The highest BCUT2D eigenvalue weighted by atomic mass is 35.5. The maximum Gasteiger partial charge on any atom is 0.175 e. The van der Waals surface area contributed by atoms with Crippen LogP contribution in [0.15, 0.2) is 42.5 Å². The molecule has 0 fully saturated rings. The molecule has 0 radical (unpaired) electrons. The van der Waals surface area contributed by atoms with Crippen LogP contribution >= 0.6 is 23.8 Å². The summed E-state index contributed by atoms with van der Waals surface area (Å²) >= 11 is 11.3. The SMILES string of the molecule is CCc1ccccc1NC(=S)Nc1ccc(Cl)cc1C. The number of hydrogen-bond acceptors (Lipinski definition) is 1. The van der Waals surface area contributed by atoms with Gasteiger partial charge in [0.1, 0.15) is 0 Å². The van der Waals surface area contributed by atoms with Crippen LogP contribution in [0.3, 0.4) is 0 Å². The summed E-state index contributed by atoms with van der Waals surface area (Å²) in [5, 5.41) is 7.74. The van der Waals surface area contributed by atoms with Crippen LogP contribution in [0.4, 0.5) is 11.4 Å². The Kier molecular flexibility index (Phi) is 4.99. The van der Waals surface area contributed by atoms with Crippen molar-refractivity contribution in [2.24, 2.45) is 0 Å². The molecule has 0 amide bonds. The Balaban J connectivity index is 2.09. The van der Waals surface area contributed by atoms with Crippen LogP contribution in [0.1, 0.15) is 18.1 Å². The van der Waals surface area contributed by atoms with Crippen molar-refractivity contribution >= 4 is 40.3 Å². The second-order valence-corrected chi connectivity index (χ2v) is 5.39. The number of benzene rings is 2. The molecule has 0 aliphatic heterocycles. The third-order valence-electron chi connectivity index (χ3n) is 3.08. The molecule has 104 valence electrons. The van der Waals surface area contributed by atoms with Gasteiger partial charge in [0.15, 0.2) is 5.11 Å². The molecule has 0 bridgehead atoms. The van der Waals surface area contributed by atoms with E-state index in [1.54, 1.807) is 0 Å². The average molecular weight is 305 g/mol. The molecule has 0 aliphatic rings. The van der Waals surface area contributed by atoms with Crippen molar-refractivity contribution in [3.63, 3.8) is 0 Å². The van der Waals surface area contributed by atoms with E-state index in [9.17, 15) is 0 Å². The van der Waals surface area contributed by atoms with Crippen LogP contribution in [0.5, 0.6) is 0 Å². The Hall–Kier alpha value is -1.58. The minimum absolute atomic E-state index is 0.580. The fourth-order valence-electron chi connectivity index (χ4n) is 1.99. The Morgan fingerprint density at radius 2 is 1.80 bits per heavy atom. The van der Waals surface area contributed by atoms with Crippen molar-refractivity contribution in [2.75, 3.05) is 10.6 Å². The highest BCUT2D eigenvalue weighted by Gasteiger charge is 2.04. The molecule has 0 atom stereocenters. The smallest absolute Gasteiger partial charge is 0.175 e. The summed E-state index contributed by atoms with van der Waals surface area (Å²) in [5.41, 5.74) is 4.30. The molecular weight excluding hydrogens is 288 g/mol.